The first-order chi connectivity index (χ1) is 9.63. The van der Waals surface area contributed by atoms with Crippen LogP contribution >= 0.6 is 0 Å². The van der Waals surface area contributed by atoms with E-state index in [1.54, 1.807) is 19.2 Å². The van der Waals surface area contributed by atoms with Gasteiger partial charge in [-0.3, -0.25) is 4.79 Å². The summed E-state index contributed by atoms with van der Waals surface area (Å²) in [6, 6.07) is 13.6. The fourth-order valence-corrected chi connectivity index (χ4v) is 2.78. The summed E-state index contributed by atoms with van der Waals surface area (Å²) in [5, 5.41) is 2.03. The molecule has 102 valence electrons. The third kappa shape index (κ3) is 1.78. The van der Waals surface area contributed by atoms with Gasteiger partial charge in [0, 0.05) is 22.3 Å². The van der Waals surface area contributed by atoms with Crippen molar-refractivity contribution in [2.24, 2.45) is 0 Å². The molecule has 0 amide bonds. The number of methoxy groups -OCH3 is 1. The number of hydrogen-bond acceptors (Lipinski definition) is 2. The summed E-state index contributed by atoms with van der Waals surface area (Å²) in [7, 11) is 1.62. The molecule has 1 heterocycles. The minimum atomic E-state index is 0.0215. The molecular weight excluding hydrogens is 250 g/mol. The number of aromatic nitrogens is 1. The normalized spacial score (nSPS) is 11.4. The first kappa shape index (κ1) is 12.7. The van der Waals surface area contributed by atoms with Crippen molar-refractivity contribution < 1.29 is 4.74 Å². The minimum Gasteiger partial charge on any atom is -0.497 e. The van der Waals surface area contributed by atoms with Crippen molar-refractivity contribution in [3.8, 4) is 5.75 Å². The maximum atomic E-state index is 12.5. The van der Waals surface area contributed by atoms with Crippen molar-refractivity contribution >= 4 is 21.8 Å². The molecule has 0 spiro atoms. The average Bonchev–Trinajstić information content (AvgIpc) is 2.68. The Labute approximate surface area is 117 Å². The fraction of sp³-hybridized carbons (Fsp3) is 0.235. The monoisotopic (exact) mass is 267 g/mol. The Morgan fingerprint density at radius 2 is 1.80 bits per heavy atom. The number of benzene rings is 1. The number of hydrogen-bond donors (Lipinski definition) is 0. The third-order valence-corrected chi connectivity index (χ3v) is 3.62. The molecule has 0 aliphatic rings. The predicted octanol–water partition coefficient (Wildman–Crippen LogP) is 3.74. The van der Waals surface area contributed by atoms with Gasteiger partial charge in [0.25, 0.3) is 0 Å². The molecule has 0 atom stereocenters. The van der Waals surface area contributed by atoms with Gasteiger partial charge in [0.1, 0.15) is 5.75 Å². The van der Waals surface area contributed by atoms with Gasteiger partial charge in [0.2, 0.25) is 5.43 Å². The lowest BCUT2D eigenvalue weighted by atomic mass is 10.2. The van der Waals surface area contributed by atoms with Crippen molar-refractivity contribution in [3.05, 3.63) is 52.7 Å². The Hall–Kier alpha value is -2.29. The van der Waals surface area contributed by atoms with E-state index < -0.39 is 0 Å². The summed E-state index contributed by atoms with van der Waals surface area (Å²) in [5.74, 6) is 0.698. The summed E-state index contributed by atoms with van der Waals surface area (Å²) < 4.78 is 7.41. The van der Waals surface area contributed by atoms with Gasteiger partial charge in [0.05, 0.1) is 12.6 Å². The highest BCUT2D eigenvalue weighted by Crippen LogP contribution is 2.30. The van der Waals surface area contributed by atoms with E-state index in [0.29, 0.717) is 5.75 Å². The first-order valence-corrected chi connectivity index (χ1v) is 6.74. The van der Waals surface area contributed by atoms with Crippen LogP contribution in [0, 0.1) is 0 Å². The van der Waals surface area contributed by atoms with E-state index >= 15 is 0 Å². The Balaban J connectivity index is 2.64. The molecule has 3 heteroatoms. The molecule has 0 aliphatic heterocycles. The highest BCUT2D eigenvalue weighted by atomic mass is 16.5. The Bertz CT molecular complexity index is 847. The lowest BCUT2D eigenvalue weighted by Gasteiger charge is -2.10. The summed E-state index contributed by atoms with van der Waals surface area (Å²) in [4.78, 5) is 12.5. The average molecular weight is 267 g/mol. The van der Waals surface area contributed by atoms with E-state index in [0.717, 1.165) is 21.8 Å². The second-order valence-electron chi connectivity index (χ2n) is 5.19. The van der Waals surface area contributed by atoms with Crippen LogP contribution < -0.4 is 10.2 Å². The number of rotatable bonds is 2. The lowest BCUT2D eigenvalue weighted by molar-refractivity contribution is 0.415. The predicted molar refractivity (Wildman–Crippen MR) is 82.7 cm³/mol. The van der Waals surface area contributed by atoms with Gasteiger partial charge in [-0.15, -0.1) is 0 Å². The molecule has 3 nitrogen and oxygen atoms in total. The molecule has 0 saturated heterocycles. The van der Waals surface area contributed by atoms with Crippen LogP contribution in [0.3, 0.4) is 0 Å². The topological polar surface area (TPSA) is 31.2 Å². The van der Waals surface area contributed by atoms with E-state index in [-0.39, 0.29) is 11.5 Å². The smallest absolute Gasteiger partial charge is 0.202 e. The lowest BCUT2D eigenvalue weighted by Crippen LogP contribution is -2.07. The summed E-state index contributed by atoms with van der Waals surface area (Å²) in [6.45, 7) is 4.19. The zero-order valence-electron chi connectivity index (χ0n) is 11.9. The molecule has 3 aromatic rings. The molecule has 0 saturated carbocycles. The van der Waals surface area contributed by atoms with Crippen LogP contribution in [0.2, 0.25) is 0 Å². The standard InChI is InChI=1S/C17H17NO2/c1-11(2)18-15-7-5-4-6-13(15)14-10-12(20-3)8-9-16(19)17(14)18/h4-11H,1-3H3. The van der Waals surface area contributed by atoms with Gasteiger partial charge in [-0.2, -0.15) is 0 Å². The summed E-state index contributed by atoms with van der Waals surface area (Å²) in [6.07, 6.45) is 0. The molecule has 0 bridgehead atoms. The van der Waals surface area contributed by atoms with Crippen LogP contribution in [0.15, 0.2) is 47.3 Å². The molecule has 0 N–H and O–H groups in total. The number of ether oxygens (including phenoxy) is 1. The van der Waals surface area contributed by atoms with Crippen LogP contribution in [-0.2, 0) is 0 Å². The van der Waals surface area contributed by atoms with Gasteiger partial charge < -0.3 is 9.30 Å². The first-order valence-electron chi connectivity index (χ1n) is 6.74. The summed E-state index contributed by atoms with van der Waals surface area (Å²) >= 11 is 0. The van der Waals surface area contributed by atoms with E-state index in [1.807, 2.05) is 18.2 Å². The van der Waals surface area contributed by atoms with Crippen LogP contribution in [0.25, 0.3) is 21.8 Å². The molecular formula is C17H17NO2. The van der Waals surface area contributed by atoms with E-state index in [2.05, 4.69) is 30.5 Å². The van der Waals surface area contributed by atoms with Crippen LogP contribution in [0.1, 0.15) is 19.9 Å². The van der Waals surface area contributed by atoms with Crippen molar-refractivity contribution in [1.29, 1.82) is 0 Å². The van der Waals surface area contributed by atoms with Crippen LogP contribution in [0.4, 0.5) is 0 Å². The van der Waals surface area contributed by atoms with Crippen molar-refractivity contribution in [1.82, 2.24) is 4.57 Å². The molecule has 20 heavy (non-hydrogen) atoms. The fourth-order valence-electron chi connectivity index (χ4n) is 2.78. The SMILES string of the molecule is COc1ccc(=O)c2c(c1)c1ccccc1n2C(C)C. The highest BCUT2D eigenvalue weighted by Gasteiger charge is 2.14. The minimum absolute atomic E-state index is 0.0215. The van der Waals surface area contributed by atoms with E-state index in [1.165, 1.54) is 0 Å². The van der Waals surface area contributed by atoms with Crippen molar-refractivity contribution in [3.63, 3.8) is 0 Å². The quantitative estimate of drug-likeness (QED) is 0.708. The molecule has 0 fully saturated rings. The maximum Gasteiger partial charge on any atom is 0.202 e. The summed E-state index contributed by atoms with van der Waals surface area (Å²) in [5.41, 5.74) is 1.85. The van der Waals surface area contributed by atoms with Crippen LogP contribution in [-0.4, -0.2) is 11.7 Å². The number of para-hydroxylation sites is 1. The molecule has 0 radical (unpaired) electrons. The molecule has 0 unspecified atom stereocenters. The van der Waals surface area contributed by atoms with Gasteiger partial charge in [-0.1, -0.05) is 18.2 Å². The highest BCUT2D eigenvalue weighted by molar-refractivity contribution is 6.08. The number of fused-ring (bicyclic) bond motifs is 3. The second-order valence-corrected chi connectivity index (χ2v) is 5.19. The molecule has 1 aromatic heterocycles. The number of nitrogens with zero attached hydrogens (tertiary/aromatic N) is 1. The third-order valence-electron chi connectivity index (χ3n) is 3.62. The molecule has 2 aromatic carbocycles. The van der Waals surface area contributed by atoms with Gasteiger partial charge >= 0.3 is 0 Å². The molecule has 3 rings (SSSR count). The van der Waals surface area contributed by atoms with Crippen LogP contribution in [0.5, 0.6) is 5.75 Å². The van der Waals surface area contributed by atoms with E-state index in [4.69, 9.17) is 4.74 Å². The Kier molecular flexibility index (Phi) is 2.97. The van der Waals surface area contributed by atoms with Gasteiger partial charge in [-0.05, 0) is 38.1 Å². The molecule has 0 aliphatic carbocycles. The van der Waals surface area contributed by atoms with Gasteiger partial charge in [-0.25, -0.2) is 0 Å². The largest absolute Gasteiger partial charge is 0.497 e. The van der Waals surface area contributed by atoms with Crippen molar-refractivity contribution in [2.45, 2.75) is 19.9 Å². The zero-order chi connectivity index (χ0) is 14.3. The van der Waals surface area contributed by atoms with Gasteiger partial charge in [0.15, 0.2) is 0 Å². The second kappa shape index (κ2) is 4.67. The maximum absolute atomic E-state index is 12.5. The Morgan fingerprint density at radius 3 is 2.50 bits per heavy atom. The van der Waals surface area contributed by atoms with Crippen molar-refractivity contribution in [2.75, 3.05) is 7.11 Å². The Morgan fingerprint density at radius 1 is 1.05 bits per heavy atom. The zero-order valence-corrected chi connectivity index (χ0v) is 11.9. The van der Waals surface area contributed by atoms with E-state index in [9.17, 15) is 4.79 Å².